The van der Waals surface area contributed by atoms with Crippen LogP contribution in [0.1, 0.15) is 43.9 Å². The second-order valence-electron chi connectivity index (χ2n) is 13.0. The van der Waals surface area contributed by atoms with Gasteiger partial charge in [-0.3, -0.25) is 23.9 Å². The molecule has 4 heterocycles. The zero-order valence-electron chi connectivity index (χ0n) is 28.3. The van der Waals surface area contributed by atoms with E-state index < -0.39 is 39.5 Å². The number of rotatable bonds is 8. The van der Waals surface area contributed by atoms with Gasteiger partial charge >= 0.3 is 5.97 Å². The van der Waals surface area contributed by atoms with Crippen LogP contribution in [-0.2, 0) is 19.6 Å². The highest BCUT2D eigenvalue weighted by atomic mass is 35.5. The summed E-state index contributed by atoms with van der Waals surface area (Å²) in [7, 11) is -4.55. The first kappa shape index (κ1) is 36.6. The van der Waals surface area contributed by atoms with Gasteiger partial charge in [0.1, 0.15) is 11.4 Å². The van der Waals surface area contributed by atoms with Gasteiger partial charge in [-0.15, -0.1) is 0 Å². The summed E-state index contributed by atoms with van der Waals surface area (Å²) in [5.74, 6) is -1.83. The molecule has 0 radical (unpaired) electrons. The predicted molar refractivity (Wildman–Crippen MR) is 197 cm³/mol. The molecule has 7 rings (SSSR count). The number of piperazine rings is 1. The van der Waals surface area contributed by atoms with Gasteiger partial charge in [0, 0.05) is 49.3 Å². The van der Waals surface area contributed by atoms with Crippen molar-refractivity contribution in [3.63, 3.8) is 0 Å². The average Bonchev–Trinajstić information content (AvgIpc) is 3.53. The van der Waals surface area contributed by atoms with Crippen molar-refractivity contribution in [3.8, 4) is 0 Å². The number of carboxylic acids is 1. The number of hydrogen-bond donors (Lipinski definition) is 1. The van der Waals surface area contributed by atoms with Crippen LogP contribution in [0.2, 0.25) is 10.0 Å². The number of fused-ring (bicyclic) bond motifs is 1. The maximum absolute atomic E-state index is 14.7. The van der Waals surface area contributed by atoms with Crippen LogP contribution in [0.3, 0.4) is 0 Å². The Hall–Kier alpha value is -4.73. The fraction of sp³-hybridized carbons (Fsp3) is 0.297. The highest BCUT2D eigenvalue weighted by Crippen LogP contribution is 2.49. The van der Waals surface area contributed by atoms with Crippen molar-refractivity contribution < 1.29 is 32.6 Å². The Balaban J connectivity index is 1.28. The number of nitrogens with zero attached hydrogens (tertiary/aromatic N) is 5. The minimum atomic E-state index is -4.55. The Kier molecular flexibility index (Phi) is 10.3. The van der Waals surface area contributed by atoms with Gasteiger partial charge in [0.05, 0.1) is 42.3 Å². The molecule has 53 heavy (non-hydrogen) atoms. The van der Waals surface area contributed by atoms with Crippen molar-refractivity contribution >= 4 is 56.8 Å². The van der Waals surface area contributed by atoms with Crippen LogP contribution in [0, 0.1) is 0 Å². The predicted octanol–water partition coefficient (Wildman–Crippen LogP) is 4.01. The molecule has 4 aromatic rings. The highest BCUT2D eigenvalue weighted by Gasteiger charge is 2.48. The lowest BCUT2D eigenvalue weighted by Gasteiger charge is -2.36. The first-order valence-corrected chi connectivity index (χ1v) is 19.1. The third kappa shape index (κ3) is 7.17. The van der Waals surface area contributed by atoms with Crippen molar-refractivity contribution in [3.05, 3.63) is 128 Å². The van der Waals surface area contributed by atoms with Gasteiger partial charge in [0.15, 0.2) is 0 Å². The van der Waals surface area contributed by atoms with Crippen LogP contribution in [0.5, 0.6) is 0 Å². The number of pyridine rings is 1. The fourth-order valence-electron chi connectivity index (χ4n) is 7.09. The molecule has 0 bridgehead atoms. The Bertz CT molecular complexity index is 2220. The van der Waals surface area contributed by atoms with Crippen molar-refractivity contribution in [2.45, 2.75) is 17.0 Å². The molecule has 2 fully saturated rings. The summed E-state index contributed by atoms with van der Waals surface area (Å²) in [5.41, 5.74) is -0.0452. The lowest BCUT2D eigenvalue weighted by molar-refractivity contribution is -0.136. The first-order chi connectivity index (χ1) is 25.4. The second kappa shape index (κ2) is 15.0. The maximum atomic E-state index is 14.7. The summed E-state index contributed by atoms with van der Waals surface area (Å²) in [6.07, 6.45) is 0. The fourth-order valence-corrected chi connectivity index (χ4v) is 9.03. The van der Waals surface area contributed by atoms with Crippen molar-refractivity contribution in [2.24, 2.45) is 0 Å². The number of carbonyl (C=O) groups is 3. The molecule has 1 aromatic heterocycles. The zero-order chi connectivity index (χ0) is 37.4. The molecule has 13 nitrogen and oxygen atoms in total. The van der Waals surface area contributed by atoms with Gasteiger partial charge in [-0.05, 0) is 65.7 Å². The lowest BCUT2D eigenvalue weighted by atomic mass is 9.94. The molecular formula is C37H35Cl2N5O8S. The number of aromatic carboxylic acids is 1. The average molecular weight is 781 g/mol. The van der Waals surface area contributed by atoms with E-state index in [2.05, 4.69) is 0 Å². The molecule has 3 aliphatic rings. The van der Waals surface area contributed by atoms with E-state index >= 15 is 0 Å². The summed E-state index contributed by atoms with van der Waals surface area (Å²) in [6, 6.07) is 18.9. The van der Waals surface area contributed by atoms with E-state index in [9.17, 15) is 32.7 Å². The summed E-state index contributed by atoms with van der Waals surface area (Å²) < 4.78 is 37.2. The molecule has 3 aliphatic heterocycles. The molecule has 0 saturated carbocycles. The molecule has 2 atom stereocenters. The summed E-state index contributed by atoms with van der Waals surface area (Å²) >= 11 is 12.5. The standard InChI is InChI=1S/C37H35Cl2N5O8S/c38-27-8-4-24(5-9-27)33-34(25-6-10-28(39)11-7-25)44(53(50,51)29-3-1-2-26(22-29)37(48)49)31-13-12-30(36(47)43(31)33)35(46)42-16-14-40(15-17-42)23-32(45)41-18-20-52-21-19-41/h1-13,22,33-34H,14-21,23H2,(H,48,49)/t33-,34+/m0/s1. The van der Waals surface area contributed by atoms with Gasteiger partial charge in [0.2, 0.25) is 5.91 Å². The van der Waals surface area contributed by atoms with Crippen molar-refractivity contribution in [2.75, 3.05) is 63.3 Å². The van der Waals surface area contributed by atoms with E-state index in [1.165, 1.54) is 34.9 Å². The van der Waals surface area contributed by atoms with Crippen LogP contribution >= 0.6 is 23.2 Å². The maximum Gasteiger partial charge on any atom is 0.335 e. The van der Waals surface area contributed by atoms with Crippen LogP contribution in [-0.4, -0.2) is 110 Å². The quantitative estimate of drug-likeness (QED) is 0.280. The third-order valence-corrected chi connectivity index (χ3v) is 12.1. The van der Waals surface area contributed by atoms with Gasteiger partial charge in [-0.2, -0.15) is 0 Å². The van der Waals surface area contributed by atoms with Crippen LogP contribution < -0.4 is 9.86 Å². The highest BCUT2D eigenvalue weighted by molar-refractivity contribution is 7.92. The molecule has 0 spiro atoms. The number of sulfonamides is 1. The SMILES string of the molecule is O=C(O)c1cccc(S(=O)(=O)N2c3ccc(C(=O)N4CCN(CC(=O)N5CCOCC5)CC4)c(=O)n3[C@@H](c3ccc(Cl)cc3)[C@H]2c2ccc(Cl)cc2)c1. The molecule has 1 N–H and O–H groups in total. The van der Waals surface area contributed by atoms with E-state index in [0.717, 1.165) is 10.4 Å². The molecule has 2 amide bonds. The molecule has 0 unspecified atom stereocenters. The Morgan fingerprint density at radius 2 is 1.36 bits per heavy atom. The zero-order valence-corrected chi connectivity index (χ0v) is 30.6. The summed E-state index contributed by atoms with van der Waals surface area (Å²) in [6.45, 7) is 3.75. The Labute approximate surface area is 315 Å². The topological polar surface area (TPSA) is 150 Å². The number of benzene rings is 3. The number of carbonyl (C=O) groups excluding carboxylic acids is 2. The van der Waals surface area contributed by atoms with Gasteiger partial charge < -0.3 is 19.6 Å². The molecular weight excluding hydrogens is 745 g/mol. The molecule has 0 aliphatic carbocycles. The molecule has 276 valence electrons. The van der Waals surface area contributed by atoms with E-state index in [0.29, 0.717) is 60.6 Å². The monoisotopic (exact) mass is 779 g/mol. The van der Waals surface area contributed by atoms with Gasteiger partial charge in [0.25, 0.3) is 21.5 Å². The number of ether oxygens (including phenoxy) is 1. The van der Waals surface area contributed by atoms with E-state index in [1.807, 2.05) is 4.90 Å². The molecule has 16 heteroatoms. The number of morpholine rings is 1. The lowest BCUT2D eigenvalue weighted by Crippen LogP contribution is -2.53. The van der Waals surface area contributed by atoms with Crippen molar-refractivity contribution in [1.82, 2.24) is 19.3 Å². The Morgan fingerprint density at radius 1 is 0.755 bits per heavy atom. The number of carboxylic acid groups (broad SMARTS) is 1. The number of amides is 2. The number of halogens is 2. The molecule has 2 saturated heterocycles. The van der Waals surface area contributed by atoms with Gasteiger partial charge in [-0.1, -0.05) is 53.5 Å². The largest absolute Gasteiger partial charge is 0.478 e. The summed E-state index contributed by atoms with van der Waals surface area (Å²) in [5, 5.41) is 10.5. The second-order valence-corrected chi connectivity index (χ2v) is 15.7. The van der Waals surface area contributed by atoms with E-state index in [-0.39, 0.29) is 47.4 Å². The first-order valence-electron chi connectivity index (χ1n) is 17.0. The molecule has 3 aromatic carbocycles. The summed E-state index contributed by atoms with van der Waals surface area (Å²) in [4.78, 5) is 58.4. The number of anilines is 1. The van der Waals surface area contributed by atoms with Crippen LogP contribution in [0.4, 0.5) is 5.82 Å². The van der Waals surface area contributed by atoms with Crippen LogP contribution in [0.15, 0.2) is 94.6 Å². The minimum Gasteiger partial charge on any atom is -0.478 e. The Morgan fingerprint density at radius 3 is 1.96 bits per heavy atom. The number of hydrogen-bond acceptors (Lipinski definition) is 8. The third-order valence-electron chi connectivity index (χ3n) is 9.82. The van der Waals surface area contributed by atoms with E-state index in [1.54, 1.807) is 58.3 Å². The van der Waals surface area contributed by atoms with Crippen molar-refractivity contribution in [1.29, 1.82) is 0 Å². The normalized spacial score (nSPS) is 19.2. The smallest absolute Gasteiger partial charge is 0.335 e. The van der Waals surface area contributed by atoms with Crippen LogP contribution in [0.25, 0.3) is 0 Å². The number of aromatic nitrogens is 1. The van der Waals surface area contributed by atoms with Gasteiger partial charge in [-0.25, -0.2) is 17.5 Å². The van der Waals surface area contributed by atoms with E-state index in [4.69, 9.17) is 27.9 Å². The minimum absolute atomic E-state index is 0.00243.